The van der Waals surface area contributed by atoms with Crippen molar-refractivity contribution >= 4 is 11.6 Å². The maximum absolute atomic E-state index is 12.4. The van der Waals surface area contributed by atoms with Crippen molar-refractivity contribution in [2.75, 3.05) is 25.0 Å². The van der Waals surface area contributed by atoms with Crippen molar-refractivity contribution in [2.45, 2.75) is 53.0 Å². The Morgan fingerprint density at radius 2 is 1.46 bits per heavy atom. The molecule has 238 valence electrons. The maximum atomic E-state index is 12.4. The standard InChI is InChI=1S/C39H44N4O3/c1-5-8-14-38-41-37(30-15-21-34(22-16-30)45-28-29(4)42(6-2)7-3)27-43(38)33-19-25-36(26-20-33)46-35-23-17-32(18-24-35)40-39(44)31-12-10-9-11-13-31/h9-13,15-27,29H,5-8,14,28H2,1-4H3,(H,40,44). The highest BCUT2D eigenvalue weighted by atomic mass is 16.5. The molecule has 5 aromatic rings. The van der Waals surface area contributed by atoms with Crippen molar-refractivity contribution in [3.8, 4) is 34.2 Å². The van der Waals surface area contributed by atoms with Gasteiger partial charge in [0.15, 0.2) is 0 Å². The van der Waals surface area contributed by atoms with E-state index in [2.05, 4.69) is 72.9 Å². The van der Waals surface area contributed by atoms with Crippen molar-refractivity contribution in [2.24, 2.45) is 0 Å². The second kappa shape index (κ2) is 15.9. The second-order valence-electron chi connectivity index (χ2n) is 11.4. The summed E-state index contributed by atoms with van der Waals surface area (Å²) in [6, 6.07) is 33.2. The number of carbonyl (C=O) groups excluding carboxylic acids is 1. The Hall–Kier alpha value is -4.88. The number of benzene rings is 4. The molecule has 0 radical (unpaired) electrons. The number of hydrogen-bond donors (Lipinski definition) is 1. The van der Waals surface area contributed by atoms with Crippen LogP contribution in [0.2, 0.25) is 0 Å². The summed E-state index contributed by atoms with van der Waals surface area (Å²) in [6.07, 6.45) is 5.17. The van der Waals surface area contributed by atoms with E-state index in [4.69, 9.17) is 14.5 Å². The summed E-state index contributed by atoms with van der Waals surface area (Å²) < 4.78 is 14.4. The van der Waals surface area contributed by atoms with Crippen LogP contribution in [0, 0.1) is 0 Å². The van der Waals surface area contributed by atoms with Gasteiger partial charge in [-0.05, 0) is 111 Å². The lowest BCUT2D eigenvalue weighted by Gasteiger charge is -2.26. The van der Waals surface area contributed by atoms with E-state index in [0.717, 1.165) is 66.6 Å². The van der Waals surface area contributed by atoms with Gasteiger partial charge < -0.3 is 19.4 Å². The Balaban J connectivity index is 1.24. The number of aromatic nitrogens is 2. The molecule has 0 saturated heterocycles. The number of ether oxygens (including phenoxy) is 2. The molecule has 46 heavy (non-hydrogen) atoms. The highest BCUT2D eigenvalue weighted by molar-refractivity contribution is 6.04. The number of hydrogen-bond acceptors (Lipinski definition) is 5. The van der Waals surface area contributed by atoms with Crippen LogP contribution in [0.5, 0.6) is 17.2 Å². The zero-order valence-electron chi connectivity index (χ0n) is 27.3. The molecule has 1 aromatic heterocycles. The summed E-state index contributed by atoms with van der Waals surface area (Å²) in [7, 11) is 0. The van der Waals surface area contributed by atoms with E-state index >= 15 is 0 Å². The number of aryl methyl sites for hydroxylation is 1. The summed E-state index contributed by atoms with van der Waals surface area (Å²) >= 11 is 0. The van der Waals surface area contributed by atoms with Crippen LogP contribution in [-0.4, -0.2) is 46.1 Å². The van der Waals surface area contributed by atoms with Crippen LogP contribution in [0.4, 0.5) is 5.69 Å². The third kappa shape index (κ3) is 8.43. The van der Waals surface area contributed by atoms with Crippen LogP contribution >= 0.6 is 0 Å². The molecule has 1 atom stereocenters. The molecule has 0 aliphatic rings. The summed E-state index contributed by atoms with van der Waals surface area (Å²) in [4.78, 5) is 19.9. The molecule has 7 heteroatoms. The summed E-state index contributed by atoms with van der Waals surface area (Å²) in [6.45, 7) is 11.5. The van der Waals surface area contributed by atoms with Gasteiger partial charge >= 0.3 is 0 Å². The largest absolute Gasteiger partial charge is 0.492 e. The smallest absolute Gasteiger partial charge is 0.255 e. The van der Waals surface area contributed by atoms with Crippen LogP contribution in [0.1, 0.15) is 56.7 Å². The van der Waals surface area contributed by atoms with Gasteiger partial charge in [-0.3, -0.25) is 9.69 Å². The number of carbonyl (C=O) groups is 1. The van der Waals surface area contributed by atoms with E-state index in [0.29, 0.717) is 29.6 Å². The zero-order valence-corrected chi connectivity index (χ0v) is 27.3. The lowest BCUT2D eigenvalue weighted by Crippen LogP contribution is -2.36. The van der Waals surface area contributed by atoms with Crippen LogP contribution in [0.3, 0.4) is 0 Å². The first-order valence-electron chi connectivity index (χ1n) is 16.3. The molecule has 4 aromatic carbocycles. The molecule has 0 fully saturated rings. The lowest BCUT2D eigenvalue weighted by atomic mass is 10.1. The molecule has 0 aliphatic heterocycles. The summed E-state index contributed by atoms with van der Waals surface area (Å²) in [5.74, 6) is 3.18. The maximum Gasteiger partial charge on any atom is 0.255 e. The molecule has 1 amide bonds. The average molecular weight is 617 g/mol. The molecular formula is C39H44N4O3. The Morgan fingerprint density at radius 1 is 0.826 bits per heavy atom. The topological polar surface area (TPSA) is 68.6 Å². The predicted octanol–water partition coefficient (Wildman–Crippen LogP) is 9.04. The lowest BCUT2D eigenvalue weighted by molar-refractivity contribution is 0.102. The molecule has 1 unspecified atom stereocenters. The number of likely N-dealkylation sites (N-methyl/N-ethyl adjacent to an activating group) is 1. The quantitative estimate of drug-likeness (QED) is 0.127. The van der Waals surface area contributed by atoms with E-state index < -0.39 is 0 Å². The van der Waals surface area contributed by atoms with Gasteiger partial charge in [-0.1, -0.05) is 45.4 Å². The van der Waals surface area contributed by atoms with Crippen molar-refractivity contribution in [1.82, 2.24) is 14.5 Å². The highest BCUT2D eigenvalue weighted by Crippen LogP contribution is 2.28. The van der Waals surface area contributed by atoms with Crippen LogP contribution in [0.15, 0.2) is 109 Å². The van der Waals surface area contributed by atoms with Gasteiger partial charge in [0.05, 0.1) is 5.69 Å². The Bertz CT molecular complexity index is 1660. The van der Waals surface area contributed by atoms with Crippen LogP contribution < -0.4 is 14.8 Å². The zero-order chi connectivity index (χ0) is 32.3. The average Bonchev–Trinajstić information content (AvgIpc) is 3.53. The van der Waals surface area contributed by atoms with Gasteiger partial charge in [0.1, 0.15) is 29.7 Å². The molecule has 1 heterocycles. The normalized spacial score (nSPS) is 11.8. The minimum Gasteiger partial charge on any atom is -0.492 e. The van der Waals surface area contributed by atoms with Crippen molar-refractivity contribution in [3.05, 3.63) is 121 Å². The fraction of sp³-hybridized carbons (Fsp3) is 0.282. The Kier molecular flexibility index (Phi) is 11.2. The number of unbranched alkanes of at least 4 members (excludes halogenated alkanes) is 1. The third-order valence-corrected chi connectivity index (χ3v) is 8.11. The molecule has 0 spiro atoms. The Morgan fingerprint density at radius 3 is 2.09 bits per heavy atom. The molecule has 0 bridgehead atoms. The van der Waals surface area contributed by atoms with Gasteiger partial charge in [0.2, 0.25) is 0 Å². The SMILES string of the molecule is CCCCc1nc(-c2ccc(OCC(C)N(CC)CC)cc2)cn1-c1ccc(Oc2ccc(NC(=O)c3ccccc3)cc2)cc1. The van der Waals surface area contributed by atoms with Gasteiger partial charge in [-0.2, -0.15) is 0 Å². The van der Waals surface area contributed by atoms with Crippen molar-refractivity contribution in [3.63, 3.8) is 0 Å². The Labute approximate surface area is 272 Å². The van der Waals surface area contributed by atoms with E-state index in [1.165, 1.54) is 0 Å². The van der Waals surface area contributed by atoms with Crippen LogP contribution in [-0.2, 0) is 6.42 Å². The van der Waals surface area contributed by atoms with Crippen molar-refractivity contribution in [1.29, 1.82) is 0 Å². The minimum atomic E-state index is -0.145. The van der Waals surface area contributed by atoms with Crippen LogP contribution in [0.25, 0.3) is 16.9 Å². The molecule has 0 aliphatic carbocycles. The molecular weight excluding hydrogens is 572 g/mol. The minimum absolute atomic E-state index is 0.145. The first-order valence-corrected chi connectivity index (χ1v) is 16.3. The second-order valence-corrected chi connectivity index (χ2v) is 11.4. The monoisotopic (exact) mass is 616 g/mol. The number of amides is 1. The van der Waals surface area contributed by atoms with Crippen molar-refractivity contribution < 1.29 is 14.3 Å². The van der Waals surface area contributed by atoms with Gasteiger partial charge in [-0.15, -0.1) is 0 Å². The summed E-state index contributed by atoms with van der Waals surface area (Å²) in [5.41, 5.74) is 4.35. The molecule has 0 saturated carbocycles. The van der Waals surface area contributed by atoms with E-state index in [9.17, 15) is 4.79 Å². The van der Waals surface area contributed by atoms with Gasteiger partial charge in [0.25, 0.3) is 5.91 Å². The number of rotatable bonds is 15. The van der Waals surface area contributed by atoms with E-state index in [-0.39, 0.29) is 5.91 Å². The fourth-order valence-corrected chi connectivity index (χ4v) is 5.39. The number of nitrogens with zero attached hydrogens (tertiary/aromatic N) is 3. The van der Waals surface area contributed by atoms with Gasteiger partial charge in [-0.25, -0.2) is 4.98 Å². The predicted molar refractivity (Wildman–Crippen MR) is 186 cm³/mol. The molecule has 7 nitrogen and oxygen atoms in total. The highest BCUT2D eigenvalue weighted by Gasteiger charge is 2.14. The first-order chi connectivity index (χ1) is 22.5. The summed E-state index contributed by atoms with van der Waals surface area (Å²) in [5, 5.41) is 2.92. The molecule has 5 rings (SSSR count). The first kappa shape index (κ1) is 32.5. The fourth-order valence-electron chi connectivity index (χ4n) is 5.39. The number of imidazole rings is 1. The third-order valence-electron chi connectivity index (χ3n) is 8.11. The number of nitrogens with one attached hydrogen (secondary N) is 1. The van der Waals surface area contributed by atoms with E-state index in [1.54, 1.807) is 12.1 Å². The number of anilines is 1. The van der Waals surface area contributed by atoms with Gasteiger partial charge in [0, 0.05) is 41.2 Å². The molecule has 1 N–H and O–H groups in total. The van der Waals surface area contributed by atoms with E-state index in [1.807, 2.05) is 66.7 Å².